The Bertz CT molecular complexity index is 559. The number of rotatable bonds is 3. The minimum absolute atomic E-state index is 0.154. The molecule has 1 aromatic carbocycles. The van der Waals surface area contributed by atoms with Gasteiger partial charge in [-0.2, -0.15) is 0 Å². The number of carbonyl (C=O) groups excluding carboxylic acids is 2. The van der Waals surface area contributed by atoms with E-state index in [9.17, 15) is 14.0 Å². The van der Waals surface area contributed by atoms with Crippen molar-refractivity contribution in [3.05, 3.63) is 35.6 Å². The van der Waals surface area contributed by atoms with Gasteiger partial charge in [-0.05, 0) is 57.7 Å². The molecule has 0 aliphatic carbocycles. The molecular formula is C17H21FO4. The molecule has 5 heteroatoms. The van der Waals surface area contributed by atoms with Gasteiger partial charge in [0.15, 0.2) is 5.41 Å². The summed E-state index contributed by atoms with van der Waals surface area (Å²) in [7, 11) is 0. The highest BCUT2D eigenvalue weighted by molar-refractivity contribution is 6.00. The Morgan fingerprint density at radius 1 is 1.32 bits per heavy atom. The first-order valence-electron chi connectivity index (χ1n) is 7.38. The van der Waals surface area contributed by atoms with Crippen LogP contribution in [0.15, 0.2) is 24.3 Å². The fraction of sp³-hybridized carbons (Fsp3) is 0.529. The second-order valence-electron chi connectivity index (χ2n) is 6.63. The van der Waals surface area contributed by atoms with Gasteiger partial charge in [0.05, 0.1) is 6.61 Å². The van der Waals surface area contributed by atoms with Crippen LogP contribution in [0.4, 0.5) is 4.39 Å². The number of hydrogen-bond donors (Lipinski definition) is 0. The molecule has 1 saturated heterocycles. The first-order chi connectivity index (χ1) is 10.2. The molecule has 120 valence electrons. The molecule has 4 nitrogen and oxygen atoms in total. The van der Waals surface area contributed by atoms with E-state index in [1.54, 1.807) is 32.9 Å². The molecule has 1 heterocycles. The van der Waals surface area contributed by atoms with Crippen molar-refractivity contribution >= 4 is 11.9 Å². The topological polar surface area (TPSA) is 52.6 Å². The molecule has 0 N–H and O–H groups in total. The van der Waals surface area contributed by atoms with Crippen LogP contribution in [-0.4, -0.2) is 24.1 Å². The molecule has 0 saturated carbocycles. The Kier molecular flexibility index (Phi) is 4.54. The molecule has 1 aromatic rings. The molecule has 0 spiro atoms. The predicted molar refractivity (Wildman–Crippen MR) is 78.6 cm³/mol. The molecule has 1 aliphatic rings. The summed E-state index contributed by atoms with van der Waals surface area (Å²) in [5.74, 6) is -1.49. The molecule has 0 aromatic heterocycles. The summed E-state index contributed by atoms with van der Waals surface area (Å²) in [4.78, 5) is 24.9. The molecule has 1 aliphatic heterocycles. The number of halogens is 1. The van der Waals surface area contributed by atoms with Gasteiger partial charge < -0.3 is 9.47 Å². The van der Waals surface area contributed by atoms with E-state index in [4.69, 9.17) is 9.47 Å². The van der Waals surface area contributed by atoms with E-state index in [-0.39, 0.29) is 12.2 Å². The first kappa shape index (κ1) is 16.5. The van der Waals surface area contributed by atoms with Gasteiger partial charge in [-0.25, -0.2) is 4.39 Å². The quantitative estimate of drug-likeness (QED) is 0.636. The summed E-state index contributed by atoms with van der Waals surface area (Å²) in [6.45, 7) is 5.58. The number of cyclic esters (lactones) is 1. The molecule has 1 atom stereocenters. The van der Waals surface area contributed by atoms with E-state index in [0.717, 1.165) is 0 Å². The summed E-state index contributed by atoms with van der Waals surface area (Å²) in [6, 6.07) is 5.77. The van der Waals surface area contributed by atoms with Crippen LogP contribution in [0.1, 0.15) is 39.2 Å². The van der Waals surface area contributed by atoms with Gasteiger partial charge in [-0.1, -0.05) is 12.1 Å². The van der Waals surface area contributed by atoms with Gasteiger partial charge in [-0.15, -0.1) is 0 Å². The van der Waals surface area contributed by atoms with Crippen LogP contribution in [0, 0.1) is 11.2 Å². The van der Waals surface area contributed by atoms with Crippen LogP contribution in [0.3, 0.4) is 0 Å². The summed E-state index contributed by atoms with van der Waals surface area (Å²) in [5.41, 5.74) is -1.33. The molecule has 0 unspecified atom stereocenters. The van der Waals surface area contributed by atoms with Crippen LogP contribution < -0.4 is 0 Å². The minimum atomic E-state index is -1.34. The van der Waals surface area contributed by atoms with Crippen molar-refractivity contribution in [2.24, 2.45) is 5.41 Å². The summed E-state index contributed by atoms with van der Waals surface area (Å²) >= 11 is 0. The average Bonchev–Trinajstić information content (AvgIpc) is 2.42. The number of benzene rings is 1. The lowest BCUT2D eigenvalue weighted by Crippen LogP contribution is -2.48. The van der Waals surface area contributed by atoms with Crippen LogP contribution in [-0.2, 0) is 25.5 Å². The van der Waals surface area contributed by atoms with Crippen molar-refractivity contribution in [3.8, 4) is 0 Å². The maximum Gasteiger partial charge on any atom is 0.324 e. The van der Waals surface area contributed by atoms with Crippen molar-refractivity contribution in [1.29, 1.82) is 0 Å². The average molecular weight is 308 g/mol. The Hall–Kier alpha value is -1.91. The van der Waals surface area contributed by atoms with Crippen molar-refractivity contribution in [3.63, 3.8) is 0 Å². The third kappa shape index (κ3) is 3.64. The minimum Gasteiger partial charge on any atom is -0.465 e. The fourth-order valence-corrected chi connectivity index (χ4v) is 2.52. The zero-order chi connectivity index (χ0) is 16.4. The maximum atomic E-state index is 13.0. The third-order valence-electron chi connectivity index (χ3n) is 3.58. The zero-order valence-corrected chi connectivity index (χ0v) is 13.1. The van der Waals surface area contributed by atoms with Crippen molar-refractivity contribution in [1.82, 2.24) is 0 Å². The number of esters is 2. The highest BCUT2D eigenvalue weighted by atomic mass is 19.1. The largest absolute Gasteiger partial charge is 0.465 e. The van der Waals surface area contributed by atoms with Gasteiger partial charge in [0.1, 0.15) is 11.4 Å². The Balaban J connectivity index is 2.31. The number of hydrogen-bond acceptors (Lipinski definition) is 4. The van der Waals surface area contributed by atoms with Crippen LogP contribution in [0.2, 0.25) is 0 Å². The summed E-state index contributed by atoms with van der Waals surface area (Å²) in [5, 5.41) is 0. The van der Waals surface area contributed by atoms with Crippen molar-refractivity contribution < 1.29 is 23.5 Å². The van der Waals surface area contributed by atoms with Gasteiger partial charge in [0.2, 0.25) is 0 Å². The van der Waals surface area contributed by atoms with Gasteiger partial charge in [0, 0.05) is 0 Å². The summed E-state index contributed by atoms with van der Waals surface area (Å²) < 4.78 is 23.6. The van der Waals surface area contributed by atoms with E-state index < -0.39 is 23.0 Å². The molecule has 22 heavy (non-hydrogen) atoms. The Morgan fingerprint density at radius 2 is 1.95 bits per heavy atom. The normalized spacial score (nSPS) is 22.1. The smallest absolute Gasteiger partial charge is 0.324 e. The van der Waals surface area contributed by atoms with Gasteiger partial charge in [0.25, 0.3) is 0 Å². The predicted octanol–water partition coefficient (Wildman–Crippen LogP) is 3.03. The monoisotopic (exact) mass is 308 g/mol. The van der Waals surface area contributed by atoms with E-state index in [2.05, 4.69) is 0 Å². The second-order valence-corrected chi connectivity index (χ2v) is 6.63. The Morgan fingerprint density at radius 3 is 2.50 bits per heavy atom. The van der Waals surface area contributed by atoms with Crippen LogP contribution in [0.5, 0.6) is 0 Å². The van der Waals surface area contributed by atoms with Crippen molar-refractivity contribution in [2.45, 2.75) is 45.6 Å². The zero-order valence-electron chi connectivity index (χ0n) is 13.1. The fourth-order valence-electron chi connectivity index (χ4n) is 2.52. The molecule has 0 amide bonds. The van der Waals surface area contributed by atoms with Gasteiger partial charge >= 0.3 is 11.9 Å². The Labute approximate surface area is 129 Å². The lowest BCUT2D eigenvalue weighted by molar-refractivity contribution is -0.184. The third-order valence-corrected chi connectivity index (χ3v) is 3.58. The molecule has 0 bridgehead atoms. The van der Waals surface area contributed by atoms with E-state index in [1.165, 1.54) is 12.1 Å². The van der Waals surface area contributed by atoms with Crippen molar-refractivity contribution in [2.75, 3.05) is 6.61 Å². The van der Waals surface area contributed by atoms with E-state index >= 15 is 0 Å². The first-order valence-corrected chi connectivity index (χ1v) is 7.38. The standard InChI is InChI=1S/C17H21FO4/c1-16(2,3)22-15(20)17(9-4-10-21-14(17)19)11-12-5-7-13(18)8-6-12/h5-8H,4,9-11H2,1-3H3/t17-/m0/s1. The SMILES string of the molecule is CC(C)(C)OC(=O)[C@]1(Cc2ccc(F)cc2)CCCOC1=O. The molecular weight excluding hydrogens is 287 g/mol. The second kappa shape index (κ2) is 6.07. The van der Waals surface area contributed by atoms with E-state index in [0.29, 0.717) is 25.0 Å². The molecule has 0 radical (unpaired) electrons. The highest BCUT2D eigenvalue weighted by Gasteiger charge is 2.51. The number of ether oxygens (including phenoxy) is 2. The molecule has 2 rings (SSSR count). The lowest BCUT2D eigenvalue weighted by atomic mass is 9.76. The van der Waals surface area contributed by atoms with Crippen LogP contribution >= 0.6 is 0 Å². The highest BCUT2D eigenvalue weighted by Crippen LogP contribution is 2.36. The maximum absolute atomic E-state index is 13.0. The molecule has 1 fully saturated rings. The van der Waals surface area contributed by atoms with E-state index in [1.807, 2.05) is 0 Å². The van der Waals surface area contributed by atoms with Crippen LogP contribution in [0.25, 0.3) is 0 Å². The van der Waals surface area contributed by atoms with Gasteiger partial charge in [-0.3, -0.25) is 9.59 Å². The summed E-state index contributed by atoms with van der Waals surface area (Å²) in [6.07, 6.45) is 1.13. The number of carbonyl (C=O) groups is 2. The lowest BCUT2D eigenvalue weighted by Gasteiger charge is -2.35.